The fraction of sp³-hybridized carbons (Fsp3) is 0.533. The fourth-order valence-corrected chi connectivity index (χ4v) is 1.83. The maximum Gasteiger partial charge on any atom is 0.328 e. The summed E-state index contributed by atoms with van der Waals surface area (Å²) in [5, 5.41) is 3.21. The molecule has 0 amide bonds. The average Bonchev–Trinajstić information content (AvgIpc) is 2.38. The van der Waals surface area contributed by atoms with Crippen molar-refractivity contribution in [2.24, 2.45) is 0 Å². The zero-order chi connectivity index (χ0) is 13.4. The third-order valence-corrected chi connectivity index (χ3v) is 2.81. The van der Waals surface area contributed by atoms with E-state index in [1.165, 1.54) is 5.56 Å². The van der Waals surface area contributed by atoms with Crippen molar-refractivity contribution in [2.75, 3.05) is 11.9 Å². The van der Waals surface area contributed by atoms with E-state index in [9.17, 15) is 4.79 Å². The summed E-state index contributed by atoms with van der Waals surface area (Å²) >= 11 is 0. The molecule has 0 heterocycles. The molecule has 1 aromatic rings. The van der Waals surface area contributed by atoms with Gasteiger partial charge in [0.15, 0.2) is 0 Å². The Morgan fingerprint density at radius 2 is 1.89 bits per heavy atom. The summed E-state index contributed by atoms with van der Waals surface area (Å²) in [7, 11) is 0. The van der Waals surface area contributed by atoms with Gasteiger partial charge in [-0.2, -0.15) is 0 Å². The Morgan fingerprint density at radius 1 is 1.22 bits per heavy atom. The van der Waals surface area contributed by atoms with Crippen molar-refractivity contribution in [2.45, 2.75) is 46.1 Å². The van der Waals surface area contributed by atoms with Crippen molar-refractivity contribution in [3.05, 3.63) is 29.8 Å². The molecule has 0 spiro atoms. The Bertz CT molecular complexity index is 359. The highest BCUT2D eigenvalue weighted by Crippen LogP contribution is 2.13. The molecule has 0 aromatic heterocycles. The van der Waals surface area contributed by atoms with Gasteiger partial charge in [-0.15, -0.1) is 0 Å². The van der Waals surface area contributed by atoms with Crippen LogP contribution in [0.1, 0.15) is 39.2 Å². The van der Waals surface area contributed by atoms with Crippen LogP contribution in [0.15, 0.2) is 24.3 Å². The minimum Gasteiger partial charge on any atom is -0.464 e. The second-order valence-corrected chi connectivity index (χ2v) is 4.30. The Kier molecular flexibility index (Phi) is 6.26. The van der Waals surface area contributed by atoms with Gasteiger partial charge in [0.1, 0.15) is 6.04 Å². The molecule has 3 nitrogen and oxygen atoms in total. The first-order valence-electron chi connectivity index (χ1n) is 6.73. The van der Waals surface area contributed by atoms with E-state index in [0.717, 1.165) is 24.9 Å². The smallest absolute Gasteiger partial charge is 0.328 e. The van der Waals surface area contributed by atoms with Crippen LogP contribution >= 0.6 is 0 Å². The van der Waals surface area contributed by atoms with Crippen molar-refractivity contribution >= 4 is 11.7 Å². The number of nitrogens with one attached hydrogen (secondary N) is 1. The summed E-state index contributed by atoms with van der Waals surface area (Å²) in [5.74, 6) is -0.183. The second kappa shape index (κ2) is 7.75. The van der Waals surface area contributed by atoms with Crippen molar-refractivity contribution in [3.63, 3.8) is 0 Å². The lowest BCUT2D eigenvalue weighted by Crippen LogP contribution is -2.30. The molecule has 0 fully saturated rings. The predicted molar refractivity (Wildman–Crippen MR) is 74.8 cm³/mol. The minimum absolute atomic E-state index is 0.183. The normalized spacial score (nSPS) is 11.9. The SMILES string of the molecule is CCCc1ccc(NC(CC)C(=O)OCC)cc1. The van der Waals surface area contributed by atoms with Crippen LogP contribution < -0.4 is 5.32 Å². The first kappa shape index (κ1) is 14.6. The van der Waals surface area contributed by atoms with Gasteiger partial charge in [-0.25, -0.2) is 4.79 Å². The number of hydrogen-bond acceptors (Lipinski definition) is 3. The van der Waals surface area contributed by atoms with Crippen LogP contribution in [-0.4, -0.2) is 18.6 Å². The first-order valence-corrected chi connectivity index (χ1v) is 6.73. The molecule has 18 heavy (non-hydrogen) atoms. The summed E-state index contributed by atoms with van der Waals surface area (Å²) in [6.45, 7) is 6.39. The van der Waals surface area contributed by atoms with E-state index < -0.39 is 0 Å². The Hall–Kier alpha value is -1.51. The molecule has 1 rings (SSSR count). The van der Waals surface area contributed by atoms with Gasteiger partial charge in [-0.3, -0.25) is 0 Å². The largest absolute Gasteiger partial charge is 0.464 e. The van der Waals surface area contributed by atoms with Crippen LogP contribution in [-0.2, 0) is 16.0 Å². The average molecular weight is 249 g/mol. The molecule has 0 aliphatic carbocycles. The molecule has 1 aromatic carbocycles. The molecule has 0 aliphatic heterocycles. The van der Waals surface area contributed by atoms with Crippen molar-refractivity contribution in [3.8, 4) is 0 Å². The fourth-order valence-electron chi connectivity index (χ4n) is 1.83. The van der Waals surface area contributed by atoms with E-state index in [-0.39, 0.29) is 12.0 Å². The number of hydrogen-bond donors (Lipinski definition) is 1. The topological polar surface area (TPSA) is 38.3 Å². The maximum absolute atomic E-state index is 11.7. The molecule has 1 N–H and O–H groups in total. The van der Waals surface area contributed by atoms with E-state index >= 15 is 0 Å². The monoisotopic (exact) mass is 249 g/mol. The number of anilines is 1. The maximum atomic E-state index is 11.7. The first-order chi connectivity index (χ1) is 8.71. The van der Waals surface area contributed by atoms with Gasteiger partial charge in [-0.1, -0.05) is 32.4 Å². The lowest BCUT2D eigenvalue weighted by atomic mass is 10.1. The van der Waals surface area contributed by atoms with Gasteiger partial charge in [0.05, 0.1) is 6.61 Å². The van der Waals surface area contributed by atoms with E-state index in [0.29, 0.717) is 6.61 Å². The molecular formula is C15H23NO2. The number of esters is 1. The predicted octanol–water partition coefficient (Wildman–Crippen LogP) is 3.39. The van der Waals surface area contributed by atoms with Crippen molar-refractivity contribution in [1.82, 2.24) is 0 Å². The van der Waals surface area contributed by atoms with Crippen LogP contribution in [0.3, 0.4) is 0 Å². The van der Waals surface area contributed by atoms with Gasteiger partial charge >= 0.3 is 5.97 Å². The molecule has 1 unspecified atom stereocenters. The van der Waals surface area contributed by atoms with Gasteiger partial charge in [0, 0.05) is 5.69 Å². The number of aryl methyl sites for hydroxylation is 1. The van der Waals surface area contributed by atoms with Gasteiger partial charge in [0.2, 0.25) is 0 Å². The van der Waals surface area contributed by atoms with E-state index in [1.807, 2.05) is 26.0 Å². The zero-order valence-corrected chi connectivity index (χ0v) is 11.5. The van der Waals surface area contributed by atoms with Crippen molar-refractivity contribution in [1.29, 1.82) is 0 Å². The number of ether oxygens (including phenoxy) is 1. The quantitative estimate of drug-likeness (QED) is 0.753. The molecule has 0 bridgehead atoms. The highest BCUT2D eigenvalue weighted by atomic mass is 16.5. The third-order valence-electron chi connectivity index (χ3n) is 2.81. The second-order valence-electron chi connectivity index (χ2n) is 4.30. The summed E-state index contributed by atoms with van der Waals surface area (Å²) in [6, 6.07) is 7.98. The standard InChI is InChI=1S/C15H23NO2/c1-4-7-12-8-10-13(11-9-12)16-14(5-2)15(17)18-6-3/h8-11,14,16H,4-7H2,1-3H3. The molecule has 1 atom stereocenters. The molecular weight excluding hydrogens is 226 g/mol. The molecule has 3 heteroatoms. The van der Waals surface area contributed by atoms with E-state index in [1.54, 1.807) is 0 Å². The third kappa shape index (κ3) is 4.40. The molecule has 0 radical (unpaired) electrons. The Morgan fingerprint density at radius 3 is 2.39 bits per heavy atom. The highest BCUT2D eigenvalue weighted by Gasteiger charge is 2.16. The lowest BCUT2D eigenvalue weighted by Gasteiger charge is -2.16. The molecule has 0 saturated carbocycles. The number of benzene rings is 1. The van der Waals surface area contributed by atoms with Crippen LogP contribution in [0.25, 0.3) is 0 Å². The van der Waals surface area contributed by atoms with Crippen LogP contribution in [0, 0.1) is 0 Å². The number of carbonyl (C=O) groups is 1. The highest BCUT2D eigenvalue weighted by molar-refractivity contribution is 5.79. The van der Waals surface area contributed by atoms with Gasteiger partial charge in [-0.05, 0) is 37.5 Å². The summed E-state index contributed by atoms with van der Waals surface area (Å²) in [4.78, 5) is 11.7. The summed E-state index contributed by atoms with van der Waals surface area (Å²) in [5.41, 5.74) is 2.29. The number of rotatable bonds is 7. The van der Waals surface area contributed by atoms with Crippen LogP contribution in [0.2, 0.25) is 0 Å². The van der Waals surface area contributed by atoms with Gasteiger partial charge in [0.25, 0.3) is 0 Å². The minimum atomic E-state index is -0.262. The Balaban J connectivity index is 2.61. The number of carbonyl (C=O) groups excluding carboxylic acids is 1. The van der Waals surface area contributed by atoms with E-state index in [4.69, 9.17) is 4.74 Å². The van der Waals surface area contributed by atoms with Gasteiger partial charge < -0.3 is 10.1 Å². The molecule has 0 aliphatic rings. The molecule has 0 saturated heterocycles. The zero-order valence-electron chi connectivity index (χ0n) is 11.5. The summed E-state index contributed by atoms with van der Waals surface area (Å²) < 4.78 is 5.03. The summed E-state index contributed by atoms with van der Waals surface area (Å²) in [6.07, 6.45) is 2.96. The van der Waals surface area contributed by atoms with Crippen molar-refractivity contribution < 1.29 is 9.53 Å². The molecule has 100 valence electrons. The lowest BCUT2D eigenvalue weighted by molar-refractivity contribution is -0.144. The van der Waals surface area contributed by atoms with Crippen LogP contribution in [0.4, 0.5) is 5.69 Å². The van der Waals surface area contributed by atoms with Crippen LogP contribution in [0.5, 0.6) is 0 Å². The van der Waals surface area contributed by atoms with E-state index in [2.05, 4.69) is 24.4 Å². The Labute approximate surface area is 110 Å².